The number of halogens is 1. The molecule has 0 aliphatic carbocycles. The molecular formula is C14H17BrN2O2S. The van der Waals surface area contributed by atoms with Crippen LogP contribution in [0, 0.1) is 0 Å². The number of thioether (sulfide) groups is 1. The van der Waals surface area contributed by atoms with Gasteiger partial charge >= 0.3 is 6.03 Å². The maximum absolute atomic E-state index is 12.0. The Morgan fingerprint density at radius 3 is 2.70 bits per heavy atom. The van der Waals surface area contributed by atoms with Crippen LogP contribution in [0.2, 0.25) is 0 Å². The molecule has 3 amide bonds. The van der Waals surface area contributed by atoms with Crippen LogP contribution < -0.4 is 5.32 Å². The lowest BCUT2D eigenvalue weighted by Crippen LogP contribution is -2.40. The molecule has 1 aromatic carbocycles. The number of nitrogens with zero attached hydrogens (tertiary/aromatic N) is 1. The summed E-state index contributed by atoms with van der Waals surface area (Å²) in [6.45, 7) is 3.90. The Balaban J connectivity index is 1.79. The highest BCUT2D eigenvalue weighted by atomic mass is 79.9. The molecule has 1 fully saturated rings. The molecule has 0 spiro atoms. The Morgan fingerprint density at radius 2 is 2.10 bits per heavy atom. The van der Waals surface area contributed by atoms with Crippen molar-refractivity contribution in [3.8, 4) is 0 Å². The van der Waals surface area contributed by atoms with Crippen molar-refractivity contribution in [3.63, 3.8) is 0 Å². The van der Waals surface area contributed by atoms with Crippen molar-refractivity contribution in [2.45, 2.75) is 25.1 Å². The SMILES string of the molecule is CC1(C)NC(=O)N(CCSCc2cccc(Br)c2)C1=O. The highest BCUT2D eigenvalue weighted by Gasteiger charge is 2.43. The minimum absolute atomic E-state index is 0.148. The first-order valence-electron chi connectivity index (χ1n) is 6.36. The van der Waals surface area contributed by atoms with Gasteiger partial charge in [0, 0.05) is 22.5 Å². The van der Waals surface area contributed by atoms with Crippen molar-refractivity contribution in [1.82, 2.24) is 10.2 Å². The lowest BCUT2D eigenvalue weighted by atomic mass is 10.1. The first-order chi connectivity index (χ1) is 9.40. The number of imide groups is 1. The van der Waals surface area contributed by atoms with Gasteiger partial charge in [-0.1, -0.05) is 28.1 Å². The second kappa shape index (κ2) is 6.18. The van der Waals surface area contributed by atoms with Gasteiger partial charge in [0.1, 0.15) is 5.54 Å². The molecule has 1 N–H and O–H groups in total. The zero-order valence-corrected chi connectivity index (χ0v) is 13.9. The molecule has 6 heteroatoms. The molecule has 4 nitrogen and oxygen atoms in total. The molecule has 1 saturated heterocycles. The Labute approximate surface area is 131 Å². The van der Waals surface area contributed by atoms with Gasteiger partial charge in [-0.05, 0) is 31.5 Å². The molecular weight excluding hydrogens is 340 g/mol. The molecule has 1 aliphatic heterocycles. The Kier molecular flexibility index (Phi) is 4.75. The van der Waals surface area contributed by atoms with Crippen LogP contribution in [0.25, 0.3) is 0 Å². The van der Waals surface area contributed by atoms with E-state index in [1.54, 1.807) is 25.6 Å². The molecule has 108 valence electrons. The summed E-state index contributed by atoms with van der Waals surface area (Å²) in [5.74, 6) is 1.46. The summed E-state index contributed by atoms with van der Waals surface area (Å²) in [4.78, 5) is 25.0. The van der Waals surface area contributed by atoms with E-state index < -0.39 is 5.54 Å². The van der Waals surface area contributed by atoms with E-state index in [9.17, 15) is 9.59 Å². The third-order valence-corrected chi connectivity index (χ3v) is 4.56. The highest BCUT2D eigenvalue weighted by Crippen LogP contribution is 2.19. The molecule has 0 atom stereocenters. The maximum atomic E-state index is 12.0. The fraction of sp³-hybridized carbons (Fsp3) is 0.429. The van der Waals surface area contributed by atoms with E-state index in [0.29, 0.717) is 6.54 Å². The average Bonchev–Trinajstić information content (AvgIpc) is 2.56. The van der Waals surface area contributed by atoms with Crippen LogP contribution in [-0.2, 0) is 10.5 Å². The van der Waals surface area contributed by atoms with Gasteiger partial charge in [0.2, 0.25) is 0 Å². The third kappa shape index (κ3) is 3.55. The molecule has 0 unspecified atom stereocenters. The average molecular weight is 357 g/mol. The van der Waals surface area contributed by atoms with E-state index in [0.717, 1.165) is 16.0 Å². The van der Waals surface area contributed by atoms with Gasteiger partial charge in [-0.25, -0.2) is 4.79 Å². The number of carbonyl (C=O) groups is 2. The molecule has 20 heavy (non-hydrogen) atoms. The van der Waals surface area contributed by atoms with Gasteiger partial charge < -0.3 is 5.32 Å². The van der Waals surface area contributed by atoms with Crippen LogP contribution in [-0.4, -0.2) is 34.7 Å². The van der Waals surface area contributed by atoms with Gasteiger partial charge in [0.05, 0.1) is 0 Å². The van der Waals surface area contributed by atoms with Crippen LogP contribution in [0.4, 0.5) is 4.79 Å². The molecule has 0 aromatic heterocycles. The topological polar surface area (TPSA) is 49.4 Å². The summed E-state index contributed by atoms with van der Waals surface area (Å²) in [6.07, 6.45) is 0. The van der Waals surface area contributed by atoms with E-state index in [2.05, 4.69) is 33.4 Å². The van der Waals surface area contributed by atoms with Crippen LogP contribution in [0.3, 0.4) is 0 Å². The predicted molar refractivity (Wildman–Crippen MR) is 84.6 cm³/mol. The van der Waals surface area contributed by atoms with Crippen molar-refractivity contribution in [3.05, 3.63) is 34.3 Å². The first-order valence-corrected chi connectivity index (χ1v) is 8.31. The van der Waals surface area contributed by atoms with Crippen molar-refractivity contribution in [2.24, 2.45) is 0 Å². The molecule has 0 saturated carbocycles. The van der Waals surface area contributed by atoms with E-state index in [1.807, 2.05) is 12.1 Å². The summed E-state index contributed by atoms with van der Waals surface area (Å²) < 4.78 is 1.06. The molecule has 2 rings (SSSR count). The van der Waals surface area contributed by atoms with Gasteiger partial charge in [-0.2, -0.15) is 11.8 Å². The monoisotopic (exact) mass is 356 g/mol. The Bertz CT molecular complexity index is 534. The quantitative estimate of drug-likeness (QED) is 0.651. The number of rotatable bonds is 5. The minimum Gasteiger partial charge on any atom is -0.324 e. The lowest BCUT2D eigenvalue weighted by Gasteiger charge is -2.15. The number of hydrogen-bond acceptors (Lipinski definition) is 3. The molecule has 1 aromatic rings. The number of carbonyl (C=O) groups excluding carboxylic acids is 2. The summed E-state index contributed by atoms with van der Waals surface area (Å²) in [6, 6.07) is 7.84. The van der Waals surface area contributed by atoms with Crippen molar-refractivity contribution < 1.29 is 9.59 Å². The van der Waals surface area contributed by atoms with Gasteiger partial charge in [-0.15, -0.1) is 0 Å². The Morgan fingerprint density at radius 1 is 1.35 bits per heavy atom. The van der Waals surface area contributed by atoms with E-state index in [-0.39, 0.29) is 11.9 Å². The molecule has 0 bridgehead atoms. The van der Waals surface area contributed by atoms with Crippen molar-refractivity contribution in [1.29, 1.82) is 0 Å². The summed E-state index contributed by atoms with van der Waals surface area (Å²) >= 11 is 5.15. The summed E-state index contributed by atoms with van der Waals surface area (Å²) in [5, 5.41) is 2.68. The number of benzene rings is 1. The largest absolute Gasteiger partial charge is 0.325 e. The maximum Gasteiger partial charge on any atom is 0.325 e. The standard InChI is InChI=1S/C14H17BrN2O2S/c1-14(2)12(18)17(13(19)16-14)6-7-20-9-10-4-3-5-11(15)8-10/h3-5,8H,6-7,9H2,1-2H3,(H,16,19). The normalized spacial score (nSPS) is 17.4. The van der Waals surface area contributed by atoms with Crippen molar-refractivity contribution in [2.75, 3.05) is 12.3 Å². The smallest absolute Gasteiger partial charge is 0.324 e. The highest BCUT2D eigenvalue weighted by molar-refractivity contribution is 9.10. The van der Waals surface area contributed by atoms with Crippen LogP contribution >= 0.6 is 27.7 Å². The summed E-state index contributed by atoms with van der Waals surface area (Å²) in [7, 11) is 0. The van der Waals surface area contributed by atoms with E-state index in [1.165, 1.54) is 10.5 Å². The Hall–Kier alpha value is -1.01. The van der Waals surface area contributed by atoms with E-state index >= 15 is 0 Å². The fourth-order valence-corrected chi connectivity index (χ4v) is 3.31. The van der Waals surface area contributed by atoms with Crippen LogP contribution in [0.5, 0.6) is 0 Å². The van der Waals surface area contributed by atoms with Gasteiger partial charge in [-0.3, -0.25) is 9.69 Å². The minimum atomic E-state index is -0.772. The number of hydrogen-bond donors (Lipinski definition) is 1. The lowest BCUT2D eigenvalue weighted by molar-refractivity contribution is -0.130. The fourth-order valence-electron chi connectivity index (χ4n) is 1.99. The molecule has 1 aliphatic rings. The molecule has 1 heterocycles. The zero-order chi connectivity index (χ0) is 14.8. The third-order valence-electron chi connectivity index (χ3n) is 3.06. The van der Waals surface area contributed by atoms with Gasteiger partial charge in [0.15, 0.2) is 0 Å². The predicted octanol–water partition coefficient (Wildman–Crippen LogP) is 3.01. The van der Waals surface area contributed by atoms with Gasteiger partial charge in [0.25, 0.3) is 5.91 Å². The second-order valence-electron chi connectivity index (χ2n) is 5.19. The second-order valence-corrected chi connectivity index (χ2v) is 7.22. The molecule has 0 radical (unpaired) electrons. The summed E-state index contributed by atoms with van der Waals surface area (Å²) in [5.41, 5.74) is 0.452. The van der Waals surface area contributed by atoms with Crippen LogP contribution in [0.1, 0.15) is 19.4 Å². The zero-order valence-electron chi connectivity index (χ0n) is 11.5. The number of urea groups is 1. The van der Waals surface area contributed by atoms with E-state index in [4.69, 9.17) is 0 Å². The van der Waals surface area contributed by atoms with Crippen LogP contribution in [0.15, 0.2) is 28.7 Å². The first kappa shape index (κ1) is 15.4. The number of nitrogens with one attached hydrogen (secondary N) is 1. The van der Waals surface area contributed by atoms with Crippen molar-refractivity contribution >= 4 is 39.6 Å². The number of amides is 3.